The lowest BCUT2D eigenvalue weighted by Crippen LogP contribution is -2.10. The van der Waals surface area contributed by atoms with Crippen LogP contribution in [0.2, 0.25) is 0 Å². The van der Waals surface area contributed by atoms with Crippen LogP contribution in [0, 0.1) is 0 Å². The zero-order valence-electron chi connectivity index (χ0n) is 18.9. The summed E-state index contributed by atoms with van der Waals surface area (Å²) in [4.78, 5) is 0. The van der Waals surface area contributed by atoms with E-state index in [-0.39, 0.29) is 5.41 Å². The summed E-state index contributed by atoms with van der Waals surface area (Å²) in [6.45, 7) is 15.5. The number of rotatable bonds is 1. The molecule has 0 heteroatoms. The van der Waals surface area contributed by atoms with Gasteiger partial charge in [-0.15, -0.1) is 0 Å². The molecule has 0 saturated carbocycles. The predicted molar refractivity (Wildman–Crippen MR) is 132 cm³/mol. The molecule has 29 heavy (non-hydrogen) atoms. The Morgan fingerprint density at radius 3 is 1.66 bits per heavy atom. The van der Waals surface area contributed by atoms with Crippen LogP contribution in [-0.2, 0) is 5.41 Å². The van der Waals surface area contributed by atoms with Crippen molar-refractivity contribution in [3.63, 3.8) is 0 Å². The van der Waals surface area contributed by atoms with Crippen molar-refractivity contribution in [3.8, 4) is 0 Å². The van der Waals surface area contributed by atoms with Crippen LogP contribution in [0.5, 0.6) is 0 Å². The number of benzene rings is 5. The van der Waals surface area contributed by atoms with Crippen LogP contribution in [0.15, 0.2) is 60.7 Å². The molecule has 0 aromatic heterocycles. The van der Waals surface area contributed by atoms with E-state index >= 15 is 0 Å². The molecular formula is C29H32. The molecule has 0 radical (unpaired) electrons. The Labute approximate surface area is 174 Å². The third-order valence-electron chi connectivity index (χ3n) is 6.09. The highest BCUT2D eigenvalue weighted by Gasteiger charge is 2.19. The van der Waals surface area contributed by atoms with Gasteiger partial charge in [0.25, 0.3) is 0 Å². The molecule has 148 valence electrons. The molecule has 5 rings (SSSR count). The van der Waals surface area contributed by atoms with Crippen LogP contribution in [0.1, 0.15) is 65.5 Å². The van der Waals surface area contributed by atoms with Gasteiger partial charge in [0.15, 0.2) is 0 Å². The van der Waals surface area contributed by atoms with Crippen molar-refractivity contribution in [1.29, 1.82) is 0 Å². The molecule has 5 aromatic carbocycles. The quantitative estimate of drug-likeness (QED) is 0.201. The summed E-state index contributed by atoms with van der Waals surface area (Å²) < 4.78 is 0. The third-order valence-corrected chi connectivity index (χ3v) is 6.09. The Morgan fingerprint density at radius 2 is 1.14 bits per heavy atom. The molecule has 0 spiro atoms. The minimum absolute atomic E-state index is 0.135. The van der Waals surface area contributed by atoms with Gasteiger partial charge in [-0.3, -0.25) is 0 Å². The lowest BCUT2D eigenvalue weighted by Gasteiger charge is -2.22. The highest BCUT2D eigenvalue weighted by atomic mass is 14.2. The van der Waals surface area contributed by atoms with E-state index < -0.39 is 0 Å². The first-order valence-electron chi connectivity index (χ1n) is 11.0. The highest BCUT2D eigenvalue weighted by molar-refractivity contribution is 6.33. The first kappa shape index (κ1) is 19.7. The van der Waals surface area contributed by atoms with E-state index in [0.717, 1.165) is 0 Å². The molecule has 0 aliphatic rings. The van der Waals surface area contributed by atoms with Gasteiger partial charge in [0.05, 0.1) is 0 Å². The van der Waals surface area contributed by atoms with Gasteiger partial charge in [0.2, 0.25) is 0 Å². The van der Waals surface area contributed by atoms with E-state index in [1.54, 1.807) is 0 Å². The SMILES string of the molecule is CC.CC(C)c1cc2cccc3c4cc(C(C)(C)C)cc5cccc(c(c1)c23)c54. The molecule has 0 amide bonds. The first-order chi connectivity index (χ1) is 13.8. The summed E-state index contributed by atoms with van der Waals surface area (Å²) >= 11 is 0. The fourth-order valence-electron chi connectivity index (χ4n) is 4.52. The van der Waals surface area contributed by atoms with E-state index in [4.69, 9.17) is 0 Å². The zero-order valence-corrected chi connectivity index (χ0v) is 18.9. The van der Waals surface area contributed by atoms with E-state index in [9.17, 15) is 0 Å². The van der Waals surface area contributed by atoms with Crippen LogP contribution in [0.25, 0.3) is 43.1 Å². The molecule has 0 aliphatic carbocycles. The fourth-order valence-corrected chi connectivity index (χ4v) is 4.52. The average Bonchev–Trinajstić information content (AvgIpc) is 2.71. The van der Waals surface area contributed by atoms with Gasteiger partial charge >= 0.3 is 0 Å². The van der Waals surface area contributed by atoms with Crippen molar-refractivity contribution in [1.82, 2.24) is 0 Å². The molecule has 0 unspecified atom stereocenters. The van der Waals surface area contributed by atoms with Gasteiger partial charge < -0.3 is 0 Å². The van der Waals surface area contributed by atoms with Gasteiger partial charge in [0, 0.05) is 0 Å². The monoisotopic (exact) mass is 380 g/mol. The predicted octanol–water partition coefficient (Wildman–Crippen LogP) is 9.18. The summed E-state index contributed by atoms with van der Waals surface area (Å²) in [5, 5.41) is 11.1. The fraction of sp³-hybridized carbons (Fsp3) is 0.310. The Balaban J connectivity index is 0.000000994. The lowest BCUT2D eigenvalue weighted by atomic mass is 9.81. The summed E-state index contributed by atoms with van der Waals surface area (Å²) in [5.74, 6) is 0.526. The van der Waals surface area contributed by atoms with Crippen LogP contribution in [0.4, 0.5) is 0 Å². The third kappa shape index (κ3) is 3.06. The topological polar surface area (TPSA) is 0 Å². The average molecular weight is 381 g/mol. The van der Waals surface area contributed by atoms with Crippen molar-refractivity contribution >= 4 is 43.1 Å². The van der Waals surface area contributed by atoms with Crippen LogP contribution in [0.3, 0.4) is 0 Å². The second kappa shape index (κ2) is 7.02. The molecule has 0 atom stereocenters. The van der Waals surface area contributed by atoms with E-state index in [0.29, 0.717) is 5.92 Å². The number of fused-ring (bicyclic) bond motifs is 2. The maximum Gasteiger partial charge on any atom is -0.00262 e. The maximum absolute atomic E-state index is 2.43. The molecule has 0 bridgehead atoms. The largest absolute Gasteiger partial charge is 0.0683 e. The minimum Gasteiger partial charge on any atom is -0.0683 e. The minimum atomic E-state index is 0.135. The summed E-state index contributed by atoms with van der Waals surface area (Å²) in [7, 11) is 0. The standard InChI is InChI=1S/C27H26.C2H6/c1-16(2)19-12-17-8-6-11-22-24-15-20(27(3,4)5)13-18-9-7-10-21(26(18)24)23(14-19)25(17)22;1-2/h6-16H,1-5H3;1-2H3. The Morgan fingerprint density at radius 1 is 0.621 bits per heavy atom. The smallest absolute Gasteiger partial charge is 0.00262 e. The number of hydrogen-bond acceptors (Lipinski definition) is 0. The van der Waals surface area contributed by atoms with Crippen molar-refractivity contribution in [2.45, 2.75) is 59.8 Å². The van der Waals surface area contributed by atoms with E-state index in [1.807, 2.05) is 13.8 Å². The molecule has 0 aliphatic heterocycles. The molecule has 0 saturated heterocycles. The van der Waals surface area contributed by atoms with Crippen molar-refractivity contribution in [2.24, 2.45) is 0 Å². The molecule has 0 fully saturated rings. The second-order valence-corrected chi connectivity index (χ2v) is 9.30. The molecule has 0 nitrogen and oxygen atoms in total. The Kier molecular flexibility index (Phi) is 4.77. The summed E-state index contributed by atoms with van der Waals surface area (Å²) in [6.07, 6.45) is 0. The zero-order chi connectivity index (χ0) is 20.9. The Hall–Kier alpha value is -2.60. The van der Waals surface area contributed by atoms with Crippen LogP contribution in [-0.4, -0.2) is 0 Å². The molecule has 0 N–H and O–H groups in total. The number of hydrogen-bond donors (Lipinski definition) is 0. The lowest BCUT2D eigenvalue weighted by molar-refractivity contribution is 0.592. The van der Waals surface area contributed by atoms with Gasteiger partial charge in [0.1, 0.15) is 0 Å². The second-order valence-electron chi connectivity index (χ2n) is 9.30. The summed E-state index contributed by atoms with van der Waals surface area (Å²) in [5.41, 5.74) is 2.96. The van der Waals surface area contributed by atoms with Crippen molar-refractivity contribution in [3.05, 3.63) is 71.8 Å². The van der Waals surface area contributed by atoms with Crippen LogP contribution >= 0.6 is 0 Å². The van der Waals surface area contributed by atoms with Crippen molar-refractivity contribution < 1.29 is 0 Å². The van der Waals surface area contributed by atoms with Gasteiger partial charge in [-0.05, 0) is 71.6 Å². The molecule has 0 heterocycles. The van der Waals surface area contributed by atoms with Gasteiger partial charge in [-0.25, -0.2) is 0 Å². The summed E-state index contributed by atoms with van der Waals surface area (Å²) in [6, 6.07) is 23.2. The highest BCUT2D eigenvalue weighted by Crippen LogP contribution is 2.43. The van der Waals surface area contributed by atoms with E-state index in [2.05, 4.69) is 95.3 Å². The maximum atomic E-state index is 2.43. The van der Waals surface area contributed by atoms with E-state index in [1.165, 1.54) is 54.2 Å². The molecular weight excluding hydrogens is 348 g/mol. The first-order valence-corrected chi connectivity index (χ1v) is 11.0. The normalized spacial score (nSPS) is 12.3. The van der Waals surface area contributed by atoms with Gasteiger partial charge in [-0.1, -0.05) is 103 Å². The van der Waals surface area contributed by atoms with Gasteiger partial charge in [-0.2, -0.15) is 0 Å². The van der Waals surface area contributed by atoms with Crippen LogP contribution < -0.4 is 0 Å². The van der Waals surface area contributed by atoms with Crippen molar-refractivity contribution in [2.75, 3.05) is 0 Å². The Bertz CT molecular complexity index is 1310. The molecule has 5 aromatic rings.